The third-order valence-electron chi connectivity index (χ3n) is 3.42. The van der Waals surface area contributed by atoms with Gasteiger partial charge in [0.2, 0.25) is 0 Å². The number of nitrogens with zero attached hydrogens (tertiary/aromatic N) is 1. The third-order valence-corrected chi connectivity index (χ3v) is 3.42. The highest BCUT2D eigenvalue weighted by Crippen LogP contribution is 2.27. The van der Waals surface area contributed by atoms with E-state index in [0.29, 0.717) is 22.7 Å². The van der Waals surface area contributed by atoms with Crippen molar-refractivity contribution in [2.24, 2.45) is 0 Å². The number of rotatable bonds is 4. The number of para-hydroxylation sites is 1. The number of aromatic nitrogens is 1. The van der Waals surface area contributed by atoms with E-state index in [0.717, 1.165) is 11.1 Å². The van der Waals surface area contributed by atoms with E-state index in [-0.39, 0.29) is 5.71 Å². The molecule has 0 bridgehead atoms. The van der Waals surface area contributed by atoms with Crippen molar-refractivity contribution in [3.63, 3.8) is 0 Å². The van der Waals surface area contributed by atoms with Crippen molar-refractivity contribution < 1.29 is 9.15 Å². The maximum atomic E-state index is 8.45. The van der Waals surface area contributed by atoms with Crippen LogP contribution in [0.4, 0.5) is 5.82 Å². The highest BCUT2D eigenvalue weighted by atomic mass is 16.5. The fourth-order valence-electron chi connectivity index (χ4n) is 2.26. The first kappa shape index (κ1) is 13.9. The van der Waals surface area contributed by atoms with Crippen LogP contribution < -0.4 is 10.5 Å². The van der Waals surface area contributed by atoms with E-state index >= 15 is 0 Å². The fraction of sp³-hybridized carbons (Fsp3) is 0.0588. The number of anilines is 1. The molecule has 22 heavy (non-hydrogen) atoms. The van der Waals surface area contributed by atoms with Gasteiger partial charge in [0.25, 0.3) is 0 Å². The predicted molar refractivity (Wildman–Crippen MR) is 85.3 cm³/mol. The van der Waals surface area contributed by atoms with Crippen molar-refractivity contribution in [3.05, 3.63) is 66.2 Å². The van der Waals surface area contributed by atoms with Crippen LogP contribution in [0.5, 0.6) is 5.75 Å². The molecule has 3 aromatic rings. The van der Waals surface area contributed by atoms with E-state index in [9.17, 15) is 0 Å². The Morgan fingerprint density at radius 3 is 2.73 bits per heavy atom. The molecule has 2 aromatic heterocycles. The van der Waals surface area contributed by atoms with Crippen molar-refractivity contribution in [2.75, 3.05) is 12.8 Å². The molecule has 0 aliphatic heterocycles. The number of pyridine rings is 1. The lowest BCUT2D eigenvalue weighted by atomic mass is 9.99. The van der Waals surface area contributed by atoms with E-state index < -0.39 is 0 Å². The van der Waals surface area contributed by atoms with Crippen LogP contribution in [0.2, 0.25) is 0 Å². The van der Waals surface area contributed by atoms with Crippen molar-refractivity contribution >= 4 is 11.5 Å². The number of furan rings is 1. The maximum absolute atomic E-state index is 8.45. The fourth-order valence-corrected chi connectivity index (χ4v) is 2.26. The highest BCUT2D eigenvalue weighted by Gasteiger charge is 2.15. The molecule has 2 heterocycles. The molecule has 1 aromatic carbocycles. The van der Waals surface area contributed by atoms with Gasteiger partial charge in [-0.15, -0.1) is 0 Å². The van der Waals surface area contributed by atoms with Gasteiger partial charge < -0.3 is 14.9 Å². The predicted octanol–water partition coefficient (Wildman–Crippen LogP) is 3.35. The normalized spacial score (nSPS) is 10.4. The van der Waals surface area contributed by atoms with Crippen molar-refractivity contribution in [1.82, 2.24) is 4.98 Å². The molecule has 3 rings (SSSR count). The van der Waals surface area contributed by atoms with Gasteiger partial charge in [-0.1, -0.05) is 12.1 Å². The van der Waals surface area contributed by atoms with E-state index in [1.165, 1.54) is 0 Å². The molecule has 0 spiro atoms. The average molecular weight is 293 g/mol. The monoisotopic (exact) mass is 293 g/mol. The highest BCUT2D eigenvalue weighted by molar-refractivity contribution is 6.15. The molecule has 110 valence electrons. The van der Waals surface area contributed by atoms with Crippen LogP contribution in [0.15, 0.2) is 59.5 Å². The minimum Gasteiger partial charge on any atom is -0.496 e. The molecular formula is C17H15N3O2. The van der Waals surface area contributed by atoms with E-state index in [1.54, 1.807) is 25.8 Å². The molecule has 0 unspecified atom stereocenters. The van der Waals surface area contributed by atoms with Crippen LogP contribution >= 0.6 is 0 Å². The summed E-state index contributed by atoms with van der Waals surface area (Å²) in [6.45, 7) is 0. The Hall–Kier alpha value is -3.08. The Bertz CT molecular complexity index is 811. The minimum absolute atomic E-state index is 0.271. The smallest absolute Gasteiger partial charge is 0.132 e. The van der Waals surface area contributed by atoms with Crippen molar-refractivity contribution in [3.8, 4) is 16.9 Å². The van der Waals surface area contributed by atoms with Gasteiger partial charge in [0.05, 0.1) is 25.3 Å². The molecule has 0 fully saturated rings. The van der Waals surface area contributed by atoms with Crippen LogP contribution in [0, 0.1) is 5.41 Å². The van der Waals surface area contributed by atoms with Gasteiger partial charge >= 0.3 is 0 Å². The largest absolute Gasteiger partial charge is 0.496 e. The van der Waals surface area contributed by atoms with Crippen molar-refractivity contribution in [1.29, 1.82) is 5.41 Å². The molecule has 5 heteroatoms. The summed E-state index contributed by atoms with van der Waals surface area (Å²) in [7, 11) is 1.58. The first-order chi connectivity index (χ1) is 10.7. The molecule has 0 saturated heterocycles. The number of hydrogen-bond donors (Lipinski definition) is 2. The lowest BCUT2D eigenvalue weighted by molar-refractivity contribution is 0.414. The zero-order valence-corrected chi connectivity index (χ0v) is 12.0. The number of nitrogens with two attached hydrogens (primary N) is 1. The zero-order chi connectivity index (χ0) is 15.5. The molecule has 0 aliphatic rings. The SMILES string of the molecule is COc1ccccc1C(=N)c1cc(-c2ccoc2)cnc1N. The molecule has 5 nitrogen and oxygen atoms in total. The second-order valence-corrected chi connectivity index (χ2v) is 4.74. The van der Waals surface area contributed by atoms with Gasteiger partial charge in [-0.3, -0.25) is 5.41 Å². The summed E-state index contributed by atoms with van der Waals surface area (Å²) >= 11 is 0. The Kier molecular flexibility index (Phi) is 3.62. The third kappa shape index (κ3) is 2.44. The summed E-state index contributed by atoms with van der Waals surface area (Å²) < 4.78 is 10.4. The average Bonchev–Trinajstić information content (AvgIpc) is 3.09. The van der Waals surface area contributed by atoms with Crippen molar-refractivity contribution in [2.45, 2.75) is 0 Å². The molecule has 0 aliphatic carbocycles. The topological polar surface area (TPSA) is 85.1 Å². The first-order valence-corrected chi connectivity index (χ1v) is 6.71. The Morgan fingerprint density at radius 1 is 1.18 bits per heavy atom. The van der Waals surface area contributed by atoms with Gasteiger partial charge in [-0.2, -0.15) is 0 Å². The summed E-state index contributed by atoms with van der Waals surface area (Å²) in [5.74, 6) is 0.934. The number of benzene rings is 1. The van der Waals surface area contributed by atoms with Crippen LogP contribution in [0.1, 0.15) is 11.1 Å². The molecule has 0 saturated carbocycles. The van der Waals surface area contributed by atoms with Gasteiger partial charge in [0.15, 0.2) is 0 Å². The Morgan fingerprint density at radius 2 is 2.00 bits per heavy atom. The summed E-state index contributed by atoms with van der Waals surface area (Å²) in [5.41, 5.74) is 9.19. The van der Waals surface area contributed by atoms with Crippen LogP contribution in [-0.4, -0.2) is 17.8 Å². The lowest BCUT2D eigenvalue weighted by Gasteiger charge is -2.12. The Labute approximate surface area is 127 Å². The number of ether oxygens (including phenoxy) is 1. The second-order valence-electron chi connectivity index (χ2n) is 4.74. The molecule has 0 radical (unpaired) electrons. The molecule has 3 N–H and O–H groups in total. The summed E-state index contributed by atoms with van der Waals surface area (Å²) in [6.07, 6.45) is 4.89. The number of nitrogen functional groups attached to an aromatic ring is 1. The van der Waals surface area contributed by atoms with Gasteiger partial charge in [0.1, 0.15) is 11.6 Å². The summed E-state index contributed by atoms with van der Waals surface area (Å²) in [5, 5.41) is 8.45. The van der Waals surface area contributed by atoms with Gasteiger partial charge in [-0.05, 0) is 24.3 Å². The first-order valence-electron chi connectivity index (χ1n) is 6.71. The quantitative estimate of drug-likeness (QED) is 0.722. The summed E-state index contributed by atoms with van der Waals surface area (Å²) in [6, 6.07) is 11.0. The lowest BCUT2D eigenvalue weighted by Crippen LogP contribution is -2.08. The summed E-state index contributed by atoms with van der Waals surface area (Å²) in [4.78, 5) is 4.19. The number of hydrogen-bond acceptors (Lipinski definition) is 5. The van der Waals surface area contributed by atoms with Crippen LogP contribution in [-0.2, 0) is 0 Å². The molecule has 0 amide bonds. The van der Waals surface area contributed by atoms with Crippen LogP contribution in [0.3, 0.4) is 0 Å². The minimum atomic E-state index is 0.271. The van der Waals surface area contributed by atoms with Crippen LogP contribution in [0.25, 0.3) is 11.1 Å². The molecular weight excluding hydrogens is 278 g/mol. The van der Waals surface area contributed by atoms with E-state index in [4.69, 9.17) is 20.3 Å². The van der Waals surface area contributed by atoms with Gasteiger partial charge in [-0.25, -0.2) is 4.98 Å². The molecule has 0 atom stereocenters. The number of nitrogens with one attached hydrogen (secondary N) is 1. The standard InChI is InChI=1S/C17H15N3O2/c1-21-15-5-3-2-4-13(15)16(18)14-8-12(9-20-17(14)19)11-6-7-22-10-11/h2-10,18H,1H3,(H2,19,20). The van der Waals surface area contributed by atoms with E-state index in [2.05, 4.69) is 4.98 Å². The number of methoxy groups -OCH3 is 1. The zero-order valence-electron chi connectivity index (χ0n) is 12.0. The Balaban J connectivity index is 2.07. The van der Waals surface area contributed by atoms with Gasteiger partial charge in [0, 0.05) is 28.5 Å². The maximum Gasteiger partial charge on any atom is 0.132 e. The second kappa shape index (κ2) is 5.73. The van der Waals surface area contributed by atoms with E-state index in [1.807, 2.05) is 36.4 Å².